The van der Waals surface area contributed by atoms with Gasteiger partial charge in [-0.05, 0) is 76.3 Å². The molecule has 0 radical (unpaired) electrons. The molecule has 8 heterocycles. The van der Waals surface area contributed by atoms with Gasteiger partial charge in [-0.15, -0.1) is 0 Å². The lowest BCUT2D eigenvalue weighted by molar-refractivity contribution is -0.0295. The molecule has 4 bridgehead atoms. The Balaban J connectivity index is 0.000000160. The lowest BCUT2D eigenvalue weighted by atomic mass is 9.99. The van der Waals surface area contributed by atoms with Crippen LogP contribution in [0.15, 0.2) is 92.5 Å². The first-order valence-corrected chi connectivity index (χ1v) is 22.1. The standard InChI is InChI=1S/C23H28FN5O3.C22H26FN5O3/c1-26-11-12-28-21(26)25-22(30)29(23(28)31)10-4-9-27-17-7-8-18(27)14-19(13-17)32-15-16-5-2-3-6-20(16)24;23-19-5-2-1-4-15(19)14-31-18-12-16-6-7-17(13-18)26(16)9-3-10-28-21(29)25-20-24-8-11-27(20)22(28)30/h2-3,5-6,11-12,17-19H,4,7-10,13-15H2,1H3;1-2,4-5,8,11,16-18H,3,6-7,9-10,12-14H2,(H,24,25,29). The molecular weight excluding hydrogens is 815 g/mol. The maximum Gasteiger partial charge on any atom is 0.354 e. The topological polar surface area (TPSA) is 158 Å². The quantitative estimate of drug-likeness (QED) is 0.171. The molecular formula is C45H54F2N10O6. The van der Waals surface area contributed by atoms with E-state index in [4.69, 9.17) is 9.47 Å². The number of piperidine rings is 2. The van der Waals surface area contributed by atoms with Crippen molar-refractivity contribution >= 4 is 11.6 Å². The van der Waals surface area contributed by atoms with E-state index < -0.39 is 11.4 Å². The zero-order valence-electron chi connectivity index (χ0n) is 35.4. The van der Waals surface area contributed by atoms with Crippen LogP contribution in [0.5, 0.6) is 0 Å². The smallest absolute Gasteiger partial charge is 0.354 e. The predicted octanol–water partition coefficient (Wildman–Crippen LogP) is 3.86. The second-order valence-corrected chi connectivity index (χ2v) is 17.3. The molecule has 4 unspecified atom stereocenters. The molecule has 4 atom stereocenters. The van der Waals surface area contributed by atoms with Crippen molar-refractivity contribution in [2.45, 2.75) is 127 Å². The number of H-pyrrole nitrogens is 1. The summed E-state index contributed by atoms with van der Waals surface area (Å²) in [6.07, 6.45) is 16.4. The van der Waals surface area contributed by atoms with E-state index in [9.17, 15) is 28.0 Å². The number of aromatic nitrogens is 8. The van der Waals surface area contributed by atoms with Crippen LogP contribution in [0.2, 0.25) is 0 Å². The highest BCUT2D eigenvalue weighted by Crippen LogP contribution is 2.38. The Hall–Kier alpha value is -5.56. The van der Waals surface area contributed by atoms with Gasteiger partial charge in [0.05, 0.1) is 25.4 Å². The van der Waals surface area contributed by atoms with Gasteiger partial charge in [0.2, 0.25) is 11.6 Å². The maximum absolute atomic E-state index is 13.9. The summed E-state index contributed by atoms with van der Waals surface area (Å²) in [6, 6.07) is 15.3. The number of nitrogens with one attached hydrogen (secondary N) is 1. The van der Waals surface area contributed by atoms with E-state index >= 15 is 0 Å². The number of fused-ring (bicyclic) bond motifs is 6. The van der Waals surface area contributed by atoms with Crippen LogP contribution in [0.3, 0.4) is 0 Å². The highest BCUT2D eigenvalue weighted by molar-refractivity contribution is 5.27. The van der Waals surface area contributed by atoms with Crippen molar-refractivity contribution < 1.29 is 18.3 Å². The van der Waals surface area contributed by atoms with Gasteiger partial charge in [0, 0.05) is 93.3 Å². The Kier molecular flexibility index (Phi) is 12.6. The lowest BCUT2D eigenvalue weighted by Gasteiger charge is -2.38. The molecule has 16 nitrogen and oxygen atoms in total. The molecule has 2 aromatic carbocycles. The third kappa shape index (κ3) is 9.12. The predicted molar refractivity (Wildman–Crippen MR) is 229 cm³/mol. The maximum atomic E-state index is 13.9. The van der Waals surface area contributed by atoms with Crippen LogP contribution in [0.25, 0.3) is 11.6 Å². The summed E-state index contributed by atoms with van der Waals surface area (Å²) in [5, 5.41) is 0. The van der Waals surface area contributed by atoms with Crippen molar-refractivity contribution in [1.82, 2.24) is 47.3 Å². The molecule has 1 N–H and O–H groups in total. The van der Waals surface area contributed by atoms with E-state index in [0.717, 1.165) is 70.9 Å². The molecule has 4 aliphatic heterocycles. The molecule has 18 heteroatoms. The monoisotopic (exact) mass is 868 g/mol. The molecule has 4 aromatic heterocycles. The minimum atomic E-state index is -0.500. The average Bonchev–Trinajstić information content (AvgIpc) is 4.01. The fraction of sp³-hybridized carbons (Fsp3) is 0.511. The van der Waals surface area contributed by atoms with Crippen LogP contribution in [0.4, 0.5) is 8.78 Å². The fourth-order valence-electron chi connectivity index (χ4n) is 10.3. The van der Waals surface area contributed by atoms with E-state index in [-0.39, 0.29) is 41.0 Å². The number of ether oxygens (including phenoxy) is 2. The van der Waals surface area contributed by atoms with Crippen LogP contribution in [-0.4, -0.2) is 96.7 Å². The third-order valence-electron chi connectivity index (χ3n) is 13.5. The number of hydrogen-bond acceptors (Lipinski definition) is 10. The fourth-order valence-corrected chi connectivity index (χ4v) is 10.3. The van der Waals surface area contributed by atoms with Crippen LogP contribution in [0, 0.1) is 11.6 Å². The number of rotatable bonds is 14. The van der Waals surface area contributed by atoms with Gasteiger partial charge in [-0.1, -0.05) is 36.4 Å². The van der Waals surface area contributed by atoms with Gasteiger partial charge in [0.15, 0.2) is 0 Å². The second-order valence-electron chi connectivity index (χ2n) is 17.3. The van der Waals surface area contributed by atoms with Gasteiger partial charge in [-0.3, -0.25) is 14.8 Å². The van der Waals surface area contributed by atoms with Crippen LogP contribution in [-0.2, 0) is 42.8 Å². The summed E-state index contributed by atoms with van der Waals surface area (Å²) in [5.41, 5.74) is -0.430. The normalized spacial score (nSPS) is 23.4. The van der Waals surface area contributed by atoms with Gasteiger partial charge >= 0.3 is 22.8 Å². The summed E-state index contributed by atoms with van der Waals surface area (Å²) in [7, 11) is 1.75. The molecule has 63 heavy (non-hydrogen) atoms. The van der Waals surface area contributed by atoms with E-state index in [2.05, 4.69) is 24.8 Å². The van der Waals surface area contributed by atoms with E-state index in [0.29, 0.717) is 73.8 Å². The molecule has 4 aliphatic rings. The zero-order chi connectivity index (χ0) is 43.6. The van der Waals surface area contributed by atoms with Crippen LogP contribution in [0.1, 0.15) is 75.3 Å². The van der Waals surface area contributed by atoms with Gasteiger partial charge in [-0.2, -0.15) is 4.98 Å². The highest BCUT2D eigenvalue weighted by Gasteiger charge is 2.42. The van der Waals surface area contributed by atoms with Gasteiger partial charge < -0.3 is 14.0 Å². The van der Waals surface area contributed by atoms with Crippen molar-refractivity contribution in [3.8, 4) is 0 Å². The molecule has 6 aromatic rings. The summed E-state index contributed by atoms with van der Waals surface area (Å²) < 4.78 is 46.7. The van der Waals surface area contributed by atoms with Crippen molar-refractivity contribution in [2.24, 2.45) is 7.05 Å². The second kappa shape index (κ2) is 18.7. The molecule has 10 rings (SSSR count). The SMILES string of the molecule is Cn1ccn2c(=O)n(CCCN3C4CCC3CC(OCc3ccccc3F)C4)c(=O)nc12.O=c1[nH]c2nccn2c(=O)n1CCCN1C2CCC1CC(OCc1ccccc1F)C2. The van der Waals surface area contributed by atoms with Crippen molar-refractivity contribution in [3.05, 3.63) is 138 Å². The summed E-state index contributed by atoms with van der Waals surface area (Å²) in [6.45, 7) is 3.00. The zero-order valence-corrected chi connectivity index (χ0v) is 35.4. The molecule has 334 valence electrons. The van der Waals surface area contributed by atoms with Gasteiger partial charge in [0.1, 0.15) is 11.6 Å². The molecule has 0 aliphatic carbocycles. The van der Waals surface area contributed by atoms with Crippen LogP contribution >= 0.6 is 0 Å². The number of aryl methyl sites for hydroxylation is 1. The van der Waals surface area contributed by atoms with E-state index in [1.54, 1.807) is 54.5 Å². The first-order valence-electron chi connectivity index (χ1n) is 22.1. The third-order valence-corrected chi connectivity index (χ3v) is 13.5. The Morgan fingerprint density at radius 3 is 1.70 bits per heavy atom. The first-order chi connectivity index (χ1) is 30.6. The molecule has 0 amide bonds. The van der Waals surface area contributed by atoms with Gasteiger partial charge in [0.25, 0.3) is 0 Å². The van der Waals surface area contributed by atoms with E-state index in [1.807, 2.05) is 12.1 Å². The van der Waals surface area contributed by atoms with Crippen LogP contribution < -0.4 is 22.8 Å². The average molecular weight is 869 g/mol. The van der Waals surface area contributed by atoms with Crippen molar-refractivity contribution in [3.63, 3.8) is 0 Å². The number of aromatic amines is 1. The number of halogens is 2. The highest BCUT2D eigenvalue weighted by atomic mass is 19.1. The molecule has 4 saturated heterocycles. The number of hydrogen-bond donors (Lipinski definition) is 1. The lowest BCUT2D eigenvalue weighted by Crippen LogP contribution is -2.46. The molecule has 0 spiro atoms. The minimum absolute atomic E-state index is 0.139. The number of imidazole rings is 2. The minimum Gasteiger partial charge on any atom is -0.373 e. The summed E-state index contributed by atoms with van der Waals surface area (Å²) in [4.78, 5) is 65.4. The summed E-state index contributed by atoms with van der Waals surface area (Å²) in [5.74, 6) is 0.178. The summed E-state index contributed by atoms with van der Waals surface area (Å²) >= 11 is 0. The first kappa shape index (κ1) is 42.7. The Labute approximate surface area is 361 Å². The molecule has 4 fully saturated rings. The van der Waals surface area contributed by atoms with Crippen molar-refractivity contribution in [2.75, 3.05) is 13.1 Å². The Bertz CT molecular complexity index is 2770. The number of benzene rings is 2. The Morgan fingerprint density at radius 2 is 1.16 bits per heavy atom. The van der Waals surface area contributed by atoms with Gasteiger partial charge in [-0.25, -0.2) is 50.9 Å². The molecule has 0 saturated carbocycles. The van der Waals surface area contributed by atoms with Crippen molar-refractivity contribution in [1.29, 1.82) is 0 Å². The van der Waals surface area contributed by atoms with E-state index in [1.165, 1.54) is 36.3 Å². The Morgan fingerprint density at radius 1 is 0.651 bits per heavy atom. The largest absolute Gasteiger partial charge is 0.373 e. The number of nitrogens with zero attached hydrogens (tertiary/aromatic N) is 9.